The van der Waals surface area contributed by atoms with Crippen molar-refractivity contribution >= 4 is 15.8 Å². The lowest BCUT2D eigenvalue weighted by molar-refractivity contribution is -0.150. The molecule has 0 aromatic carbocycles. The molecule has 0 aromatic rings. The third-order valence-electron chi connectivity index (χ3n) is 4.39. The van der Waals surface area contributed by atoms with E-state index in [2.05, 4.69) is 10.2 Å². The van der Waals surface area contributed by atoms with Gasteiger partial charge in [0.1, 0.15) is 5.54 Å². The van der Waals surface area contributed by atoms with E-state index in [1.165, 1.54) is 7.11 Å². The first kappa shape index (κ1) is 15.7. The average Bonchev–Trinajstić information content (AvgIpc) is 3.25. The number of nitrogens with one attached hydrogen (secondary N) is 1. The molecule has 1 aliphatic heterocycles. The quantitative estimate of drug-likeness (QED) is 0.700. The van der Waals surface area contributed by atoms with E-state index in [0.717, 1.165) is 12.8 Å². The van der Waals surface area contributed by atoms with Gasteiger partial charge in [0.05, 0.1) is 18.6 Å². The summed E-state index contributed by atoms with van der Waals surface area (Å²) in [7, 11) is 0.265. The molecule has 6 nitrogen and oxygen atoms in total. The molecule has 1 N–H and O–H groups in total. The predicted octanol–water partition coefficient (Wildman–Crippen LogP) is -0.352. The van der Waals surface area contributed by atoms with Gasteiger partial charge < -0.3 is 10.1 Å². The second kappa shape index (κ2) is 5.99. The Hall–Kier alpha value is -0.660. The Morgan fingerprint density at radius 1 is 1.35 bits per heavy atom. The van der Waals surface area contributed by atoms with Crippen LogP contribution in [0.25, 0.3) is 0 Å². The van der Waals surface area contributed by atoms with Crippen LogP contribution in [-0.4, -0.2) is 70.1 Å². The normalized spacial score (nSPS) is 26.5. The number of esters is 1. The number of likely N-dealkylation sites (N-methyl/N-ethyl adjacent to an activating group) is 1. The van der Waals surface area contributed by atoms with Crippen molar-refractivity contribution < 1.29 is 17.9 Å². The van der Waals surface area contributed by atoms with Crippen LogP contribution in [0, 0.1) is 5.92 Å². The van der Waals surface area contributed by atoms with Gasteiger partial charge in [-0.25, -0.2) is 13.2 Å². The summed E-state index contributed by atoms with van der Waals surface area (Å²) >= 11 is 0. The fourth-order valence-corrected chi connectivity index (χ4v) is 4.31. The van der Waals surface area contributed by atoms with Crippen LogP contribution in [0.2, 0.25) is 0 Å². The van der Waals surface area contributed by atoms with Crippen molar-refractivity contribution in [1.29, 1.82) is 0 Å². The van der Waals surface area contributed by atoms with E-state index in [9.17, 15) is 13.2 Å². The van der Waals surface area contributed by atoms with E-state index in [-0.39, 0.29) is 17.5 Å². The maximum Gasteiger partial charge on any atom is 0.327 e. The molecule has 0 spiro atoms. The molecule has 1 saturated carbocycles. The number of carbonyl (C=O) groups excluding carboxylic acids is 1. The fraction of sp³-hybridized carbons (Fsp3) is 0.923. The van der Waals surface area contributed by atoms with Gasteiger partial charge in [-0.2, -0.15) is 0 Å². The molecule has 0 aromatic heterocycles. The Labute approximate surface area is 120 Å². The molecule has 0 amide bonds. The molecule has 20 heavy (non-hydrogen) atoms. The minimum Gasteiger partial charge on any atom is -0.468 e. The number of rotatable bonds is 5. The zero-order valence-electron chi connectivity index (χ0n) is 12.2. The van der Waals surface area contributed by atoms with Gasteiger partial charge >= 0.3 is 5.97 Å². The highest BCUT2D eigenvalue weighted by atomic mass is 32.2. The molecular weight excluding hydrogens is 280 g/mol. The van der Waals surface area contributed by atoms with E-state index >= 15 is 0 Å². The van der Waals surface area contributed by atoms with Gasteiger partial charge in [-0.15, -0.1) is 0 Å². The molecule has 1 aliphatic carbocycles. The van der Waals surface area contributed by atoms with Crippen molar-refractivity contribution in [2.75, 3.05) is 45.3 Å². The molecule has 7 heteroatoms. The molecule has 2 aliphatic rings. The lowest BCUT2D eigenvalue weighted by Crippen LogP contribution is -2.60. The van der Waals surface area contributed by atoms with Gasteiger partial charge in [-0.05, 0) is 38.8 Å². The lowest BCUT2D eigenvalue weighted by atomic mass is 9.92. The summed E-state index contributed by atoms with van der Waals surface area (Å²) in [5.41, 5.74) is -0.692. The minimum absolute atomic E-state index is 0.179. The number of ether oxygens (including phenoxy) is 1. The van der Waals surface area contributed by atoms with E-state index < -0.39 is 15.4 Å². The molecule has 1 atom stereocenters. The van der Waals surface area contributed by atoms with Crippen LogP contribution < -0.4 is 5.32 Å². The van der Waals surface area contributed by atoms with Crippen LogP contribution in [0.3, 0.4) is 0 Å². The van der Waals surface area contributed by atoms with Gasteiger partial charge in [-0.3, -0.25) is 4.90 Å². The van der Waals surface area contributed by atoms with Crippen molar-refractivity contribution in [3.63, 3.8) is 0 Å². The van der Waals surface area contributed by atoms with Crippen LogP contribution in [0.4, 0.5) is 0 Å². The SMILES string of the molecule is CNC(CN1CCCS(=O)(=O)CC1)(C(=O)OC)C1CC1. The first-order valence-corrected chi connectivity index (χ1v) is 8.96. The zero-order chi connectivity index (χ0) is 14.8. The number of nitrogens with zero attached hydrogens (tertiary/aromatic N) is 1. The van der Waals surface area contributed by atoms with Crippen LogP contribution >= 0.6 is 0 Å². The maximum absolute atomic E-state index is 12.2. The Morgan fingerprint density at radius 2 is 2.05 bits per heavy atom. The van der Waals surface area contributed by atoms with Crippen LogP contribution in [-0.2, 0) is 19.4 Å². The third-order valence-corrected chi connectivity index (χ3v) is 6.11. The Kier molecular flexibility index (Phi) is 4.71. The largest absolute Gasteiger partial charge is 0.468 e. The summed E-state index contributed by atoms with van der Waals surface area (Å²) in [5.74, 6) is 0.477. The molecule has 1 heterocycles. The van der Waals surface area contributed by atoms with Crippen molar-refractivity contribution in [2.45, 2.75) is 24.8 Å². The van der Waals surface area contributed by atoms with Crippen LogP contribution in [0.1, 0.15) is 19.3 Å². The monoisotopic (exact) mass is 304 g/mol. The maximum atomic E-state index is 12.2. The molecule has 1 saturated heterocycles. The van der Waals surface area contributed by atoms with Crippen molar-refractivity contribution in [1.82, 2.24) is 10.2 Å². The van der Waals surface area contributed by atoms with Crippen LogP contribution in [0.5, 0.6) is 0 Å². The average molecular weight is 304 g/mol. The molecular formula is C13H24N2O4S. The van der Waals surface area contributed by atoms with Gasteiger partial charge in [-0.1, -0.05) is 0 Å². The summed E-state index contributed by atoms with van der Waals surface area (Å²) < 4.78 is 28.3. The first-order valence-electron chi connectivity index (χ1n) is 7.13. The molecule has 0 radical (unpaired) electrons. The van der Waals surface area contributed by atoms with E-state index in [0.29, 0.717) is 32.0 Å². The van der Waals surface area contributed by atoms with E-state index in [1.54, 1.807) is 7.05 Å². The van der Waals surface area contributed by atoms with Gasteiger partial charge in [0.25, 0.3) is 0 Å². The number of hydrogen-bond acceptors (Lipinski definition) is 6. The molecule has 2 rings (SSSR count). The number of sulfone groups is 1. The van der Waals surface area contributed by atoms with Crippen molar-refractivity contribution in [3.8, 4) is 0 Å². The smallest absolute Gasteiger partial charge is 0.327 e. The summed E-state index contributed by atoms with van der Waals surface area (Å²) in [6, 6.07) is 0. The Morgan fingerprint density at radius 3 is 2.60 bits per heavy atom. The highest BCUT2D eigenvalue weighted by molar-refractivity contribution is 7.91. The zero-order valence-corrected chi connectivity index (χ0v) is 13.0. The highest BCUT2D eigenvalue weighted by Crippen LogP contribution is 2.41. The second-order valence-electron chi connectivity index (χ2n) is 5.77. The van der Waals surface area contributed by atoms with Crippen molar-refractivity contribution in [2.24, 2.45) is 5.92 Å². The van der Waals surface area contributed by atoms with E-state index in [4.69, 9.17) is 4.74 Å². The Bertz CT molecular complexity index is 461. The lowest BCUT2D eigenvalue weighted by Gasteiger charge is -2.35. The standard InChI is InChI=1S/C13H24N2O4S/c1-14-13(11-4-5-11,12(16)19-2)10-15-6-3-8-20(17,18)9-7-15/h11,14H,3-10H2,1-2H3. The number of carbonyl (C=O) groups is 1. The molecule has 1 unspecified atom stereocenters. The van der Waals surface area contributed by atoms with Crippen molar-refractivity contribution in [3.05, 3.63) is 0 Å². The van der Waals surface area contributed by atoms with Crippen LogP contribution in [0.15, 0.2) is 0 Å². The van der Waals surface area contributed by atoms with Gasteiger partial charge in [0.2, 0.25) is 0 Å². The molecule has 0 bridgehead atoms. The Balaban J connectivity index is 2.10. The predicted molar refractivity (Wildman–Crippen MR) is 76.2 cm³/mol. The minimum atomic E-state index is -2.92. The van der Waals surface area contributed by atoms with Gasteiger partial charge in [0.15, 0.2) is 9.84 Å². The topological polar surface area (TPSA) is 75.7 Å². The highest BCUT2D eigenvalue weighted by Gasteiger charge is 2.51. The molecule has 116 valence electrons. The van der Waals surface area contributed by atoms with Gasteiger partial charge in [0, 0.05) is 13.1 Å². The number of methoxy groups -OCH3 is 1. The number of hydrogen-bond donors (Lipinski definition) is 1. The summed E-state index contributed by atoms with van der Waals surface area (Å²) in [5, 5.41) is 3.15. The second-order valence-corrected chi connectivity index (χ2v) is 8.07. The third kappa shape index (κ3) is 3.32. The summed E-state index contributed by atoms with van der Waals surface area (Å²) in [6.45, 7) is 1.73. The summed E-state index contributed by atoms with van der Waals surface area (Å²) in [6.07, 6.45) is 2.66. The molecule has 2 fully saturated rings. The first-order chi connectivity index (χ1) is 9.43. The summed E-state index contributed by atoms with van der Waals surface area (Å²) in [4.78, 5) is 14.3. The van der Waals surface area contributed by atoms with E-state index in [1.807, 2.05) is 0 Å². The fourth-order valence-electron chi connectivity index (χ4n) is 3.00.